The third kappa shape index (κ3) is 2.95. The Morgan fingerprint density at radius 2 is 2.00 bits per heavy atom. The fraction of sp³-hybridized carbons (Fsp3) is 0.222. The van der Waals surface area contributed by atoms with Gasteiger partial charge in [0.05, 0.1) is 17.2 Å². The average Bonchev–Trinajstić information content (AvgIpc) is 2.79. The lowest BCUT2D eigenvalue weighted by molar-refractivity contribution is 0.406. The molecule has 4 rings (SSSR count). The first-order valence-electron chi connectivity index (χ1n) is 7.82. The lowest BCUT2D eigenvalue weighted by Crippen LogP contribution is -2.22. The van der Waals surface area contributed by atoms with Crippen LogP contribution in [-0.4, -0.2) is 21.2 Å². The fourth-order valence-electron chi connectivity index (χ4n) is 2.90. The third-order valence-corrected chi connectivity index (χ3v) is 6.44. The van der Waals surface area contributed by atoms with Crippen molar-refractivity contribution in [2.75, 3.05) is 11.5 Å². The van der Waals surface area contributed by atoms with Crippen LogP contribution in [0.15, 0.2) is 51.1 Å². The molecule has 0 unspecified atom stereocenters. The number of thioether (sulfide) groups is 1. The summed E-state index contributed by atoms with van der Waals surface area (Å²) < 4.78 is 16.6. The number of benzene rings is 2. The summed E-state index contributed by atoms with van der Waals surface area (Å²) in [6.45, 7) is 1.97. The molecule has 0 saturated carbocycles. The molecule has 0 aliphatic carbocycles. The summed E-state index contributed by atoms with van der Waals surface area (Å²) in [6, 6.07) is 10.3. The molecule has 4 nitrogen and oxygen atoms in total. The van der Waals surface area contributed by atoms with E-state index in [0.29, 0.717) is 16.8 Å². The molecule has 7 heteroatoms. The second-order valence-corrected chi connectivity index (χ2v) is 7.96. The molecule has 2 heterocycles. The van der Waals surface area contributed by atoms with E-state index in [1.54, 1.807) is 6.07 Å². The molecule has 128 valence electrons. The van der Waals surface area contributed by atoms with E-state index in [4.69, 9.17) is 0 Å². The normalized spacial score (nSPS) is 15.2. The van der Waals surface area contributed by atoms with E-state index in [1.807, 2.05) is 41.5 Å². The summed E-state index contributed by atoms with van der Waals surface area (Å²) in [5, 5.41) is 19.7. The van der Waals surface area contributed by atoms with Crippen molar-refractivity contribution in [3.63, 3.8) is 0 Å². The smallest absolute Gasteiger partial charge is 0.221 e. The van der Waals surface area contributed by atoms with Crippen LogP contribution in [-0.2, 0) is 0 Å². The van der Waals surface area contributed by atoms with Crippen molar-refractivity contribution >= 4 is 50.0 Å². The lowest BCUT2D eigenvalue weighted by atomic mass is 10.2. The first-order valence-corrected chi connectivity index (χ1v) is 9.77. The van der Waals surface area contributed by atoms with Crippen LogP contribution >= 0.6 is 27.7 Å². The SMILES string of the molecule is Cc1cc(N=Nc2c(O)n(C3CSC3)c3ccc(F)cc23)ccc1Br. The summed E-state index contributed by atoms with van der Waals surface area (Å²) >= 11 is 5.27. The van der Waals surface area contributed by atoms with Gasteiger partial charge < -0.3 is 9.67 Å². The van der Waals surface area contributed by atoms with Gasteiger partial charge in [0.1, 0.15) is 5.82 Å². The number of fused-ring (bicyclic) bond motifs is 1. The second-order valence-electron chi connectivity index (χ2n) is 6.03. The zero-order valence-corrected chi connectivity index (χ0v) is 15.8. The Hall–Kier alpha value is -1.86. The molecule has 0 spiro atoms. The number of azo groups is 1. The average molecular weight is 420 g/mol. The minimum atomic E-state index is -0.358. The van der Waals surface area contributed by atoms with Gasteiger partial charge in [0, 0.05) is 21.4 Å². The zero-order valence-electron chi connectivity index (χ0n) is 13.4. The molecular weight excluding hydrogens is 405 g/mol. The van der Waals surface area contributed by atoms with Gasteiger partial charge in [-0.1, -0.05) is 15.9 Å². The van der Waals surface area contributed by atoms with E-state index in [-0.39, 0.29) is 17.7 Å². The van der Waals surface area contributed by atoms with Crippen molar-refractivity contribution in [1.29, 1.82) is 0 Å². The number of hydrogen-bond acceptors (Lipinski definition) is 4. The van der Waals surface area contributed by atoms with Crippen LogP contribution in [0.3, 0.4) is 0 Å². The Morgan fingerprint density at radius 1 is 1.20 bits per heavy atom. The molecule has 2 aromatic carbocycles. The number of halogens is 2. The van der Waals surface area contributed by atoms with Gasteiger partial charge in [0.25, 0.3) is 0 Å². The standard InChI is InChI=1S/C18H15BrFN3OS/c1-10-6-12(3-4-15(10)19)21-22-17-14-7-11(20)2-5-16(14)23(18(17)24)13-8-25-9-13/h2-7,13,24H,8-9H2,1H3. The molecular formula is C18H15BrFN3OS. The summed E-state index contributed by atoms with van der Waals surface area (Å²) in [4.78, 5) is 0. The largest absolute Gasteiger partial charge is 0.493 e. The highest BCUT2D eigenvalue weighted by molar-refractivity contribution is 9.10. The maximum Gasteiger partial charge on any atom is 0.221 e. The number of aromatic nitrogens is 1. The highest BCUT2D eigenvalue weighted by Crippen LogP contribution is 2.45. The van der Waals surface area contributed by atoms with Crippen molar-refractivity contribution in [3.8, 4) is 5.88 Å². The van der Waals surface area contributed by atoms with Crippen molar-refractivity contribution < 1.29 is 9.50 Å². The first-order chi connectivity index (χ1) is 12.0. The second kappa shape index (κ2) is 6.46. The number of aromatic hydroxyl groups is 1. The Kier molecular flexibility index (Phi) is 4.29. The molecule has 3 aromatic rings. The molecule has 0 amide bonds. The Balaban J connectivity index is 1.83. The lowest BCUT2D eigenvalue weighted by Gasteiger charge is -2.27. The number of aryl methyl sites for hydroxylation is 1. The van der Waals surface area contributed by atoms with Crippen LogP contribution in [0, 0.1) is 12.7 Å². The molecule has 1 saturated heterocycles. The minimum Gasteiger partial charge on any atom is -0.493 e. The van der Waals surface area contributed by atoms with Gasteiger partial charge in [-0.2, -0.15) is 16.9 Å². The molecule has 0 bridgehead atoms. The molecule has 1 fully saturated rings. The van der Waals surface area contributed by atoms with Gasteiger partial charge >= 0.3 is 0 Å². The van der Waals surface area contributed by atoms with Crippen molar-refractivity contribution in [1.82, 2.24) is 4.57 Å². The van der Waals surface area contributed by atoms with Crippen LogP contribution in [0.4, 0.5) is 15.8 Å². The number of nitrogens with zero attached hydrogens (tertiary/aromatic N) is 3. The molecule has 1 aromatic heterocycles. The third-order valence-electron chi connectivity index (χ3n) is 4.31. The fourth-order valence-corrected chi connectivity index (χ4v) is 3.89. The first kappa shape index (κ1) is 16.6. The van der Waals surface area contributed by atoms with Gasteiger partial charge in [0.15, 0.2) is 5.69 Å². The Morgan fingerprint density at radius 3 is 2.68 bits per heavy atom. The predicted molar refractivity (Wildman–Crippen MR) is 103 cm³/mol. The van der Waals surface area contributed by atoms with Gasteiger partial charge in [-0.05, 0) is 48.9 Å². The van der Waals surface area contributed by atoms with Crippen LogP contribution in [0.5, 0.6) is 5.88 Å². The molecule has 0 radical (unpaired) electrons. The summed E-state index contributed by atoms with van der Waals surface area (Å²) in [5.41, 5.74) is 2.81. The number of rotatable bonds is 3. The molecule has 1 aliphatic heterocycles. The Bertz CT molecular complexity index is 998. The number of hydrogen-bond donors (Lipinski definition) is 1. The van der Waals surface area contributed by atoms with Crippen LogP contribution < -0.4 is 0 Å². The molecule has 1 N–H and O–H groups in total. The molecule has 1 aliphatic rings. The highest BCUT2D eigenvalue weighted by atomic mass is 79.9. The van der Waals surface area contributed by atoms with Crippen molar-refractivity contribution in [2.45, 2.75) is 13.0 Å². The monoisotopic (exact) mass is 419 g/mol. The summed E-state index contributed by atoms with van der Waals surface area (Å²) in [7, 11) is 0. The van der Waals surface area contributed by atoms with E-state index in [0.717, 1.165) is 27.1 Å². The van der Waals surface area contributed by atoms with E-state index < -0.39 is 0 Å². The topological polar surface area (TPSA) is 49.9 Å². The van der Waals surface area contributed by atoms with Crippen molar-refractivity contribution in [2.24, 2.45) is 10.2 Å². The van der Waals surface area contributed by atoms with Crippen LogP contribution in [0.2, 0.25) is 0 Å². The van der Waals surface area contributed by atoms with E-state index in [1.165, 1.54) is 12.1 Å². The van der Waals surface area contributed by atoms with Gasteiger partial charge in [0.2, 0.25) is 5.88 Å². The highest BCUT2D eigenvalue weighted by Gasteiger charge is 2.27. The van der Waals surface area contributed by atoms with E-state index in [2.05, 4.69) is 26.2 Å². The summed E-state index contributed by atoms with van der Waals surface area (Å²) in [5.74, 6) is 1.54. The minimum absolute atomic E-state index is 0.0449. The molecule has 25 heavy (non-hydrogen) atoms. The predicted octanol–water partition coefficient (Wildman–Crippen LogP) is 6.26. The quantitative estimate of drug-likeness (QED) is 0.509. The maximum atomic E-state index is 13.7. The molecule has 0 atom stereocenters. The van der Waals surface area contributed by atoms with E-state index >= 15 is 0 Å². The van der Waals surface area contributed by atoms with Crippen LogP contribution in [0.1, 0.15) is 11.6 Å². The zero-order chi connectivity index (χ0) is 17.6. The van der Waals surface area contributed by atoms with Gasteiger partial charge in [-0.3, -0.25) is 0 Å². The summed E-state index contributed by atoms with van der Waals surface area (Å²) in [6.07, 6.45) is 0. The van der Waals surface area contributed by atoms with Crippen molar-refractivity contribution in [3.05, 3.63) is 52.3 Å². The maximum absolute atomic E-state index is 13.7. The van der Waals surface area contributed by atoms with Gasteiger partial charge in [-0.15, -0.1) is 5.11 Å². The van der Waals surface area contributed by atoms with Gasteiger partial charge in [-0.25, -0.2) is 4.39 Å². The van der Waals surface area contributed by atoms with Crippen LogP contribution in [0.25, 0.3) is 10.9 Å². The van der Waals surface area contributed by atoms with E-state index in [9.17, 15) is 9.50 Å². The Labute approximate surface area is 156 Å².